The molecule has 0 aromatic carbocycles. The van der Waals surface area contributed by atoms with Gasteiger partial charge in [-0.3, -0.25) is 57.5 Å². The highest BCUT2D eigenvalue weighted by molar-refractivity contribution is 5.99. The van der Waals surface area contributed by atoms with Gasteiger partial charge in [0.25, 0.3) is 0 Å². The number of nitrogens with two attached hydrogens (primary N) is 1. The monoisotopic (exact) mass is 1190 g/mol. The van der Waals surface area contributed by atoms with Crippen LogP contribution in [-0.4, -0.2) is 235 Å². The zero-order valence-electron chi connectivity index (χ0n) is 54.6. The van der Waals surface area contributed by atoms with Crippen LogP contribution in [0.25, 0.3) is 0 Å². The van der Waals surface area contributed by atoms with Gasteiger partial charge in [0.1, 0.15) is 54.4 Å². The molecule has 6 N–H and O–H groups in total. The average molecular weight is 1190 g/mol. The van der Waals surface area contributed by atoms with E-state index in [1.807, 2.05) is 55.4 Å². The fourth-order valence-corrected chi connectivity index (χ4v) is 9.98. The molecular formula is C59H106N12O13. The number of hydrogen-bond donors (Lipinski definition) is 5. The van der Waals surface area contributed by atoms with E-state index in [1.54, 1.807) is 27.7 Å². The SMILES string of the molecule is CC(=O)O[C@@H](C1C(=O)NCC(=O)N(C)CC(=O)N(C)[C@@H](CC(C)C)C(=O)NC(C(C)C)C(=O)N(C)[C@@H](CC(C)C)C(=O)N[C@@H](C)C(=O)N[C@H](C)C(=O)N(C)[C@@H](CC(C)C)C(=O)N(C)[C@@H](CC(C)C)C(=O)N(C)CC(=O)N1C)[C@H](C)CCC(C)N. The molecule has 0 bridgehead atoms. The van der Waals surface area contributed by atoms with E-state index in [0.29, 0.717) is 12.8 Å². The van der Waals surface area contributed by atoms with E-state index in [2.05, 4.69) is 21.3 Å². The molecule has 25 nitrogen and oxygen atoms in total. The molecule has 3 unspecified atom stereocenters. The van der Waals surface area contributed by atoms with Crippen molar-refractivity contribution in [2.45, 2.75) is 203 Å². The maximum absolute atomic E-state index is 14.8. The molecule has 1 aliphatic rings. The fourth-order valence-electron chi connectivity index (χ4n) is 9.98. The average Bonchev–Trinajstić information content (AvgIpc) is 3.50. The molecule has 0 aromatic heterocycles. The highest BCUT2D eigenvalue weighted by Crippen LogP contribution is 2.25. The Labute approximate surface area is 500 Å². The first-order chi connectivity index (χ1) is 38.7. The fraction of sp³-hybridized carbons (Fsp3) is 0.797. The third-order valence-electron chi connectivity index (χ3n) is 15.3. The van der Waals surface area contributed by atoms with E-state index in [9.17, 15) is 57.5 Å². The van der Waals surface area contributed by atoms with Gasteiger partial charge in [-0.15, -0.1) is 0 Å². The molecule has 1 heterocycles. The van der Waals surface area contributed by atoms with Gasteiger partial charge in [0, 0.05) is 62.3 Å². The van der Waals surface area contributed by atoms with Crippen LogP contribution in [0.4, 0.5) is 0 Å². The Balaban J connectivity index is 4.19. The van der Waals surface area contributed by atoms with E-state index in [1.165, 1.54) is 82.8 Å². The molecule has 0 spiro atoms. The van der Waals surface area contributed by atoms with Gasteiger partial charge >= 0.3 is 5.97 Å². The molecule has 0 saturated carbocycles. The number of hydrogen-bond acceptors (Lipinski definition) is 14. The maximum atomic E-state index is 14.8. The van der Waals surface area contributed by atoms with Gasteiger partial charge in [0.15, 0.2) is 0 Å². The summed E-state index contributed by atoms with van der Waals surface area (Å²) < 4.78 is 5.79. The lowest BCUT2D eigenvalue weighted by atomic mass is 9.90. The molecule has 480 valence electrons. The van der Waals surface area contributed by atoms with E-state index in [-0.39, 0.29) is 55.4 Å². The van der Waals surface area contributed by atoms with Crippen molar-refractivity contribution >= 4 is 70.9 Å². The normalized spacial score (nSPS) is 25.4. The number of rotatable bonds is 15. The smallest absolute Gasteiger partial charge is 0.303 e. The largest absolute Gasteiger partial charge is 0.460 e. The van der Waals surface area contributed by atoms with Gasteiger partial charge < -0.3 is 66.0 Å². The predicted octanol–water partition coefficient (Wildman–Crippen LogP) is 1.20. The minimum atomic E-state index is -1.58. The van der Waals surface area contributed by atoms with Gasteiger partial charge in [-0.1, -0.05) is 76.2 Å². The lowest BCUT2D eigenvalue weighted by molar-refractivity contribution is -0.161. The maximum Gasteiger partial charge on any atom is 0.303 e. The third-order valence-corrected chi connectivity index (χ3v) is 15.3. The lowest BCUT2D eigenvalue weighted by Crippen LogP contribution is -2.60. The molecule has 1 rings (SSSR count). The van der Waals surface area contributed by atoms with Crippen LogP contribution < -0.4 is 27.0 Å². The van der Waals surface area contributed by atoms with Crippen molar-refractivity contribution in [3.63, 3.8) is 0 Å². The van der Waals surface area contributed by atoms with Crippen LogP contribution in [0.3, 0.4) is 0 Å². The van der Waals surface area contributed by atoms with Crippen LogP contribution in [-0.2, 0) is 62.3 Å². The molecule has 0 aromatic rings. The molecule has 11 amide bonds. The van der Waals surface area contributed by atoms with E-state index in [0.717, 1.165) is 21.6 Å². The van der Waals surface area contributed by atoms with Crippen molar-refractivity contribution in [2.24, 2.45) is 41.2 Å². The summed E-state index contributed by atoms with van der Waals surface area (Å²) >= 11 is 0. The Hall–Kier alpha value is -6.40. The summed E-state index contributed by atoms with van der Waals surface area (Å²) in [7, 11) is 9.66. The number of esters is 1. The zero-order valence-corrected chi connectivity index (χ0v) is 54.6. The van der Waals surface area contributed by atoms with Gasteiger partial charge in [0.2, 0.25) is 65.0 Å². The van der Waals surface area contributed by atoms with Gasteiger partial charge in [-0.25, -0.2) is 0 Å². The van der Waals surface area contributed by atoms with Crippen molar-refractivity contribution in [1.29, 1.82) is 0 Å². The quantitative estimate of drug-likeness (QED) is 0.144. The van der Waals surface area contributed by atoms with Crippen molar-refractivity contribution in [1.82, 2.24) is 55.6 Å². The Bertz CT molecular complexity index is 2290. The van der Waals surface area contributed by atoms with Crippen LogP contribution in [0.1, 0.15) is 142 Å². The van der Waals surface area contributed by atoms with E-state index >= 15 is 0 Å². The van der Waals surface area contributed by atoms with Crippen molar-refractivity contribution < 1.29 is 62.3 Å². The van der Waals surface area contributed by atoms with Crippen molar-refractivity contribution in [3.05, 3.63) is 0 Å². The van der Waals surface area contributed by atoms with Crippen LogP contribution in [0.5, 0.6) is 0 Å². The number of likely N-dealkylation sites (N-methyl/N-ethyl adjacent to an activating group) is 7. The Kier molecular flexibility index (Phi) is 31.1. The molecule has 1 saturated heterocycles. The van der Waals surface area contributed by atoms with Crippen molar-refractivity contribution in [2.75, 3.05) is 69.0 Å². The molecule has 0 radical (unpaired) electrons. The summed E-state index contributed by atoms with van der Waals surface area (Å²) in [5.41, 5.74) is 6.10. The number of carbonyl (C=O) groups excluding carboxylic acids is 12. The Morgan fingerprint density at radius 1 is 0.488 bits per heavy atom. The second-order valence-corrected chi connectivity index (χ2v) is 25.3. The van der Waals surface area contributed by atoms with Crippen LogP contribution in [0.15, 0.2) is 0 Å². The van der Waals surface area contributed by atoms with Crippen LogP contribution in [0.2, 0.25) is 0 Å². The van der Waals surface area contributed by atoms with Gasteiger partial charge in [-0.2, -0.15) is 0 Å². The summed E-state index contributed by atoms with van der Waals surface area (Å²) in [4.78, 5) is 178. The standard InChI is InChI=1S/C59H106N12O13/c1-32(2)25-42-54(78)64-49(36(9)10)59(83)68(19)43(26-33(3)4)53(77)62-39(13)52(76)63-40(14)56(80)69(20)45(28-35(7)8)58(82)70(21)44(27-34(5)6)57(81)66(17)31-48(75)71(22)50(51(84-41(15)72)37(11)23-24-38(12)60)55(79)61-29-46(73)65(16)30-47(74)67(42)18/h32-40,42-45,49-51H,23-31,60H2,1-22H3,(H,61,79)(H,62,77)(H,63,76)(H,64,78)/t37-,38?,39+,40-,42+,43+,44+,45+,49?,50?,51-/m1/s1. The van der Waals surface area contributed by atoms with Crippen LogP contribution >= 0.6 is 0 Å². The lowest BCUT2D eigenvalue weighted by Gasteiger charge is -2.38. The Morgan fingerprint density at radius 2 is 0.905 bits per heavy atom. The number of nitrogens with zero attached hydrogens (tertiary/aromatic N) is 7. The van der Waals surface area contributed by atoms with Gasteiger partial charge in [0.05, 0.1) is 19.6 Å². The molecule has 25 heteroatoms. The molecular weight excluding hydrogens is 1080 g/mol. The molecule has 84 heavy (non-hydrogen) atoms. The summed E-state index contributed by atoms with van der Waals surface area (Å²) in [6, 6.07) is -10.1. The number of nitrogens with one attached hydrogen (secondary N) is 4. The number of carbonyl (C=O) groups is 12. The zero-order chi connectivity index (χ0) is 65.1. The number of amides is 11. The molecule has 11 atom stereocenters. The highest BCUT2D eigenvalue weighted by Gasteiger charge is 2.43. The summed E-state index contributed by atoms with van der Waals surface area (Å²) in [5, 5.41) is 10.7. The first-order valence-corrected chi connectivity index (χ1v) is 29.6. The Morgan fingerprint density at radius 3 is 1.38 bits per heavy atom. The first kappa shape index (κ1) is 75.6. The van der Waals surface area contributed by atoms with Gasteiger partial charge in [-0.05, 0) is 94.8 Å². The predicted molar refractivity (Wildman–Crippen MR) is 318 cm³/mol. The highest BCUT2D eigenvalue weighted by atomic mass is 16.5. The molecule has 1 aliphatic heterocycles. The summed E-state index contributed by atoms with van der Waals surface area (Å²) in [6.07, 6.45) is 0.0750. The minimum absolute atomic E-state index is 0.131. The number of ether oxygens (including phenoxy) is 1. The summed E-state index contributed by atoms with van der Waals surface area (Å²) in [6.45, 7) is 23.9. The van der Waals surface area contributed by atoms with Crippen molar-refractivity contribution in [3.8, 4) is 0 Å². The second-order valence-electron chi connectivity index (χ2n) is 25.3. The topological polar surface area (TPSA) is 311 Å². The first-order valence-electron chi connectivity index (χ1n) is 29.6. The second kappa shape index (κ2) is 34.5. The molecule has 0 aliphatic carbocycles. The minimum Gasteiger partial charge on any atom is -0.460 e. The summed E-state index contributed by atoms with van der Waals surface area (Å²) in [5.74, 6) is -10.2. The van der Waals surface area contributed by atoms with E-state index < -0.39 is 157 Å². The van der Waals surface area contributed by atoms with E-state index in [4.69, 9.17) is 10.5 Å². The molecule has 1 fully saturated rings. The third kappa shape index (κ3) is 22.9. The van der Waals surface area contributed by atoms with Crippen LogP contribution in [0, 0.1) is 35.5 Å².